The first-order valence-corrected chi connectivity index (χ1v) is 5.33. The molecule has 0 atom stereocenters. The minimum absolute atomic E-state index is 0.323. The van der Waals surface area contributed by atoms with E-state index in [9.17, 15) is 4.79 Å². The summed E-state index contributed by atoms with van der Waals surface area (Å²) in [4.78, 5) is 12.2. The topological polar surface area (TPSA) is 66.6 Å². The van der Waals surface area contributed by atoms with Crippen LogP contribution < -0.4 is 5.73 Å². The summed E-state index contributed by atoms with van der Waals surface area (Å²) in [5.41, 5.74) is 5.95. The van der Waals surface area contributed by atoms with E-state index in [1.807, 2.05) is 0 Å². The molecule has 0 aromatic heterocycles. The molecule has 0 aromatic rings. The molecule has 80 valence electrons. The highest BCUT2D eigenvalue weighted by Gasteiger charge is 2.46. The van der Waals surface area contributed by atoms with Crippen molar-refractivity contribution < 1.29 is 9.90 Å². The molecule has 0 aromatic carbocycles. The van der Waals surface area contributed by atoms with E-state index in [0.29, 0.717) is 11.3 Å². The molecule has 2 rings (SSSR count). The third-order valence-corrected chi connectivity index (χ3v) is 3.82. The SMILES string of the molecule is NCC1CCC2(CC1)CN(C(=O)O)C2. The number of hydrogen-bond acceptors (Lipinski definition) is 2. The molecule has 4 heteroatoms. The summed E-state index contributed by atoms with van der Waals surface area (Å²) in [6.07, 6.45) is 3.93. The number of likely N-dealkylation sites (tertiary alicyclic amines) is 1. The Morgan fingerprint density at radius 3 is 2.43 bits per heavy atom. The van der Waals surface area contributed by atoms with Gasteiger partial charge in [-0.2, -0.15) is 0 Å². The third kappa shape index (κ3) is 1.59. The average Bonchev–Trinajstić information content (AvgIpc) is 2.14. The Hall–Kier alpha value is -0.770. The third-order valence-electron chi connectivity index (χ3n) is 3.82. The maximum atomic E-state index is 10.6. The maximum absolute atomic E-state index is 10.6. The summed E-state index contributed by atoms with van der Waals surface area (Å²) in [6, 6.07) is 0. The van der Waals surface area contributed by atoms with Gasteiger partial charge in [0.2, 0.25) is 0 Å². The molecule has 1 saturated heterocycles. The van der Waals surface area contributed by atoms with Crippen molar-refractivity contribution in [2.24, 2.45) is 17.1 Å². The normalized spacial score (nSPS) is 26.2. The largest absolute Gasteiger partial charge is 0.465 e. The number of nitrogens with zero attached hydrogens (tertiary/aromatic N) is 1. The molecule has 1 amide bonds. The van der Waals surface area contributed by atoms with Gasteiger partial charge in [0.25, 0.3) is 0 Å². The van der Waals surface area contributed by atoms with Crippen LogP contribution in [-0.2, 0) is 0 Å². The van der Waals surface area contributed by atoms with Gasteiger partial charge < -0.3 is 15.7 Å². The second kappa shape index (κ2) is 3.42. The molecule has 3 N–H and O–H groups in total. The van der Waals surface area contributed by atoms with Gasteiger partial charge in [0, 0.05) is 18.5 Å². The van der Waals surface area contributed by atoms with Crippen LogP contribution in [0.5, 0.6) is 0 Å². The van der Waals surface area contributed by atoms with Crippen LogP contribution in [0.15, 0.2) is 0 Å². The molecule has 0 unspecified atom stereocenters. The van der Waals surface area contributed by atoms with Gasteiger partial charge in [-0.05, 0) is 38.1 Å². The van der Waals surface area contributed by atoms with Crippen molar-refractivity contribution in [3.8, 4) is 0 Å². The lowest BCUT2D eigenvalue weighted by Crippen LogP contribution is -2.59. The van der Waals surface area contributed by atoms with Gasteiger partial charge in [-0.3, -0.25) is 0 Å². The number of carboxylic acid groups (broad SMARTS) is 1. The lowest BCUT2D eigenvalue weighted by atomic mass is 9.66. The summed E-state index contributed by atoms with van der Waals surface area (Å²) in [6.45, 7) is 2.29. The predicted molar refractivity (Wildman–Crippen MR) is 53.0 cm³/mol. The van der Waals surface area contributed by atoms with Crippen LogP contribution in [0.25, 0.3) is 0 Å². The molecule has 0 radical (unpaired) electrons. The van der Waals surface area contributed by atoms with Crippen LogP contribution in [0.2, 0.25) is 0 Å². The Balaban J connectivity index is 1.82. The zero-order chi connectivity index (χ0) is 10.2. The fourth-order valence-corrected chi connectivity index (χ4v) is 2.74. The second-order valence-electron chi connectivity index (χ2n) is 4.82. The molecule has 2 fully saturated rings. The first-order valence-electron chi connectivity index (χ1n) is 5.33. The summed E-state index contributed by atoms with van der Waals surface area (Å²) in [5.74, 6) is 0.680. The lowest BCUT2D eigenvalue weighted by molar-refractivity contribution is -0.0241. The van der Waals surface area contributed by atoms with Gasteiger partial charge in [0.05, 0.1) is 0 Å². The minimum atomic E-state index is -0.767. The number of carbonyl (C=O) groups is 1. The number of hydrogen-bond donors (Lipinski definition) is 2. The average molecular weight is 198 g/mol. The Morgan fingerprint density at radius 1 is 1.43 bits per heavy atom. The summed E-state index contributed by atoms with van der Waals surface area (Å²) in [5, 5.41) is 8.75. The van der Waals surface area contributed by atoms with Crippen molar-refractivity contribution >= 4 is 6.09 Å². The van der Waals surface area contributed by atoms with Crippen LogP contribution in [0.4, 0.5) is 4.79 Å². The highest BCUT2D eigenvalue weighted by atomic mass is 16.4. The molecular weight excluding hydrogens is 180 g/mol. The van der Waals surface area contributed by atoms with E-state index in [-0.39, 0.29) is 0 Å². The molecular formula is C10H18N2O2. The van der Waals surface area contributed by atoms with Crippen molar-refractivity contribution in [3.05, 3.63) is 0 Å². The van der Waals surface area contributed by atoms with Crippen LogP contribution in [-0.4, -0.2) is 35.7 Å². The summed E-state index contributed by atoms with van der Waals surface area (Å²) < 4.78 is 0. The standard InChI is InChI=1S/C10H18N2O2/c11-5-8-1-3-10(4-2-8)6-12(7-10)9(13)14/h8H,1-7,11H2,(H,13,14). The highest BCUT2D eigenvalue weighted by Crippen LogP contribution is 2.45. The fourth-order valence-electron chi connectivity index (χ4n) is 2.74. The van der Waals surface area contributed by atoms with Gasteiger partial charge in [-0.25, -0.2) is 4.79 Å². The molecule has 0 bridgehead atoms. The highest BCUT2D eigenvalue weighted by molar-refractivity contribution is 5.66. The Kier molecular flexibility index (Phi) is 2.39. The van der Waals surface area contributed by atoms with Crippen molar-refractivity contribution in [2.75, 3.05) is 19.6 Å². The van der Waals surface area contributed by atoms with Crippen LogP contribution in [0.1, 0.15) is 25.7 Å². The molecule has 1 spiro atoms. The number of nitrogens with two attached hydrogens (primary N) is 1. The van der Waals surface area contributed by atoms with Crippen molar-refractivity contribution in [1.82, 2.24) is 4.90 Å². The van der Waals surface area contributed by atoms with E-state index in [4.69, 9.17) is 10.8 Å². The summed E-state index contributed by atoms with van der Waals surface area (Å²) in [7, 11) is 0. The number of rotatable bonds is 1. The van der Waals surface area contributed by atoms with Crippen molar-refractivity contribution in [2.45, 2.75) is 25.7 Å². The van der Waals surface area contributed by atoms with Gasteiger partial charge in [-0.15, -0.1) is 0 Å². The minimum Gasteiger partial charge on any atom is -0.465 e. The second-order valence-corrected chi connectivity index (χ2v) is 4.82. The van der Waals surface area contributed by atoms with E-state index in [1.165, 1.54) is 30.6 Å². The van der Waals surface area contributed by atoms with E-state index in [2.05, 4.69) is 0 Å². The van der Waals surface area contributed by atoms with E-state index < -0.39 is 6.09 Å². The molecule has 1 aliphatic carbocycles. The van der Waals surface area contributed by atoms with E-state index in [1.54, 1.807) is 0 Å². The zero-order valence-electron chi connectivity index (χ0n) is 8.41. The monoisotopic (exact) mass is 198 g/mol. The van der Waals surface area contributed by atoms with Gasteiger partial charge in [-0.1, -0.05) is 0 Å². The lowest BCUT2D eigenvalue weighted by Gasteiger charge is -2.52. The molecule has 4 nitrogen and oxygen atoms in total. The first kappa shape index (κ1) is 9.77. The van der Waals surface area contributed by atoms with Gasteiger partial charge >= 0.3 is 6.09 Å². The van der Waals surface area contributed by atoms with Crippen LogP contribution in [0.3, 0.4) is 0 Å². The Labute approximate surface area is 84.1 Å². The van der Waals surface area contributed by atoms with E-state index in [0.717, 1.165) is 19.6 Å². The predicted octanol–water partition coefficient (Wildman–Crippen LogP) is 1.12. The van der Waals surface area contributed by atoms with Crippen LogP contribution >= 0.6 is 0 Å². The molecule has 14 heavy (non-hydrogen) atoms. The molecule has 1 heterocycles. The molecule has 1 aliphatic heterocycles. The molecule has 2 aliphatic rings. The molecule has 1 saturated carbocycles. The Morgan fingerprint density at radius 2 is 2.00 bits per heavy atom. The fraction of sp³-hybridized carbons (Fsp3) is 0.900. The maximum Gasteiger partial charge on any atom is 0.407 e. The quantitative estimate of drug-likeness (QED) is 0.663. The van der Waals surface area contributed by atoms with E-state index >= 15 is 0 Å². The Bertz CT molecular complexity index is 226. The van der Waals surface area contributed by atoms with Gasteiger partial charge in [0.15, 0.2) is 0 Å². The number of amides is 1. The smallest absolute Gasteiger partial charge is 0.407 e. The van der Waals surface area contributed by atoms with Crippen molar-refractivity contribution in [3.63, 3.8) is 0 Å². The van der Waals surface area contributed by atoms with Crippen LogP contribution in [0, 0.1) is 11.3 Å². The zero-order valence-corrected chi connectivity index (χ0v) is 8.41. The summed E-state index contributed by atoms with van der Waals surface area (Å²) >= 11 is 0. The van der Waals surface area contributed by atoms with Gasteiger partial charge in [0.1, 0.15) is 0 Å². The first-order chi connectivity index (χ1) is 6.65. The van der Waals surface area contributed by atoms with Crippen molar-refractivity contribution in [1.29, 1.82) is 0 Å².